The Morgan fingerprint density at radius 1 is 1.17 bits per heavy atom. The molecule has 0 spiro atoms. The van der Waals surface area contributed by atoms with Gasteiger partial charge in [0.05, 0.1) is 21.3 Å². The highest BCUT2D eigenvalue weighted by Gasteiger charge is 2.24. The Labute approximate surface area is 148 Å². The van der Waals surface area contributed by atoms with Crippen LogP contribution in [-0.4, -0.2) is 18.4 Å². The van der Waals surface area contributed by atoms with Gasteiger partial charge in [0, 0.05) is 18.7 Å². The highest BCUT2D eigenvalue weighted by molar-refractivity contribution is 6.35. The van der Waals surface area contributed by atoms with Crippen LogP contribution in [0.2, 0.25) is 10.0 Å². The molecule has 0 aliphatic carbocycles. The van der Waals surface area contributed by atoms with Gasteiger partial charge in [0.25, 0.3) is 5.91 Å². The SMILES string of the molecule is O=C(Nc1ccc(N2CCCC2=O)c(Cl)c1)c1c(F)cccc1Cl. The van der Waals surface area contributed by atoms with E-state index in [0.717, 1.165) is 12.5 Å². The minimum atomic E-state index is -0.703. The van der Waals surface area contributed by atoms with Crippen molar-refractivity contribution in [1.29, 1.82) is 0 Å². The Hall–Kier alpha value is -2.11. The van der Waals surface area contributed by atoms with E-state index in [2.05, 4.69) is 5.32 Å². The van der Waals surface area contributed by atoms with Crippen LogP contribution in [0.4, 0.5) is 15.8 Å². The number of nitrogens with one attached hydrogen (secondary N) is 1. The van der Waals surface area contributed by atoms with Crippen LogP contribution in [0.1, 0.15) is 23.2 Å². The minimum Gasteiger partial charge on any atom is -0.322 e. The van der Waals surface area contributed by atoms with Gasteiger partial charge in [-0.1, -0.05) is 29.3 Å². The predicted octanol–water partition coefficient (Wildman–Crippen LogP) is 4.51. The molecule has 1 aliphatic rings. The molecule has 0 saturated carbocycles. The highest BCUT2D eigenvalue weighted by Crippen LogP contribution is 2.32. The van der Waals surface area contributed by atoms with Crippen molar-refractivity contribution in [3.05, 3.63) is 57.8 Å². The maximum absolute atomic E-state index is 13.8. The molecule has 0 atom stereocenters. The number of amides is 2. The number of carbonyl (C=O) groups is 2. The highest BCUT2D eigenvalue weighted by atomic mass is 35.5. The first-order valence-electron chi connectivity index (χ1n) is 7.32. The van der Waals surface area contributed by atoms with E-state index in [-0.39, 0.29) is 16.5 Å². The largest absolute Gasteiger partial charge is 0.322 e. The molecular weight excluding hydrogens is 354 g/mol. The van der Waals surface area contributed by atoms with Crippen molar-refractivity contribution >= 4 is 46.4 Å². The third-order valence-corrected chi connectivity index (χ3v) is 4.38. The second-order valence-electron chi connectivity index (χ2n) is 5.37. The molecule has 1 fully saturated rings. The smallest absolute Gasteiger partial charge is 0.260 e. The summed E-state index contributed by atoms with van der Waals surface area (Å²) in [5.74, 6) is -1.35. The van der Waals surface area contributed by atoms with Crippen molar-refractivity contribution in [3.63, 3.8) is 0 Å². The fourth-order valence-corrected chi connectivity index (χ4v) is 3.15. The van der Waals surface area contributed by atoms with Crippen molar-refractivity contribution in [2.24, 2.45) is 0 Å². The summed E-state index contributed by atoms with van der Waals surface area (Å²) in [4.78, 5) is 25.6. The van der Waals surface area contributed by atoms with Crippen molar-refractivity contribution < 1.29 is 14.0 Å². The second kappa shape index (κ2) is 6.79. The summed E-state index contributed by atoms with van der Waals surface area (Å²) >= 11 is 12.1. The molecule has 0 aromatic heterocycles. The van der Waals surface area contributed by atoms with Crippen molar-refractivity contribution in [3.8, 4) is 0 Å². The molecular formula is C17H13Cl2FN2O2. The molecule has 24 heavy (non-hydrogen) atoms. The van der Waals surface area contributed by atoms with Crippen molar-refractivity contribution in [2.75, 3.05) is 16.8 Å². The van der Waals surface area contributed by atoms with E-state index in [4.69, 9.17) is 23.2 Å². The molecule has 1 saturated heterocycles. The first-order chi connectivity index (χ1) is 11.5. The van der Waals surface area contributed by atoms with Crippen molar-refractivity contribution in [2.45, 2.75) is 12.8 Å². The fourth-order valence-electron chi connectivity index (χ4n) is 2.61. The first-order valence-corrected chi connectivity index (χ1v) is 8.08. The number of rotatable bonds is 3. The van der Waals surface area contributed by atoms with Gasteiger partial charge in [0.2, 0.25) is 5.91 Å². The van der Waals surface area contributed by atoms with E-state index in [1.54, 1.807) is 17.0 Å². The summed E-state index contributed by atoms with van der Waals surface area (Å²) in [5.41, 5.74) is 0.759. The van der Waals surface area contributed by atoms with Gasteiger partial charge in [0.15, 0.2) is 0 Å². The molecule has 1 N–H and O–H groups in total. The monoisotopic (exact) mass is 366 g/mol. The number of anilines is 2. The molecule has 0 bridgehead atoms. The molecule has 2 aromatic rings. The van der Waals surface area contributed by atoms with Crippen LogP contribution in [0.25, 0.3) is 0 Å². The molecule has 4 nitrogen and oxygen atoms in total. The molecule has 0 unspecified atom stereocenters. The number of nitrogens with zero attached hydrogens (tertiary/aromatic N) is 1. The summed E-state index contributed by atoms with van der Waals surface area (Å²) < 4.78 is 13.8. The molecule has 1 heterocycles. The zero-order valence-electron chi connectivity index (χ0n) is 12.5. The molecule has 124 valence electrons. The van der Waals surface area contributed by atoms with Gasteiger partial charge in [-0.25, -0.2) is 4.39 Å². The Morgan fingerprint density at radius 3 is 2.58 bits per heavy atom. The lowest BCUT2D eigenvalue weighted by Crippen LogP contribution is -2.24. The zero-order valence-corrected chi connectivity index (χ0v) is 14.0. The van der Waals surface area contributed by atoms with E-state index >= 15 is 0 Å². The number of carbonyl (C=O) groups excluding carboxylic acids is 2. The number of benzene rings is 2. The molecule has 3 rings (SSSR count). The topological polar surface area (TPSA) is 49.4 Å². The Balaban J connectivity index is 1.82. The predicted molar refractivity (Wildman–Crippen MR) is 92.4 cm³/mol. The van der Waals surface area contributed by atoms with E-state index in [1.807, 2.05) is 0 Å². The third kappa shape index (κ3) is 3.23. The molecule has 2 amide bonds. The third-order valence-electron chi connectivity index (χ3n) is 3.76. The number of hydrogen-bond donors (Lipinski definition) is 1. The Bertz CT molecular complexity index is 806. The minimum absolute atomic E-state index is 0.0202. The lowest BCUT2D eigenvalue weighted by Gasteiger charge is -2.18. The van der Waals surface area contributed by atoms with Crippen LogP contribution in [0.15, 0.2) is 36.4 Å². The lowest BCUT2D eigenvalue weighted by atomic mass is 10.2. The van der Waals surface area contributed by atoms with E-state index in [9.17, 15) is 14.0 Å². The van der Waals surface area contributed by atoms with Gasteiger partial charge >= 0.3 is 0 Å². The Kier molecular flexibility index (Phi) is 4.73. The fraction of sp³-hybridized carbons (Fsp3) is 0.176. The summed E-state index contributed by atoms with van der Waals surface area (Å²) in [5, 5.41) is 2.92. The Morgan fingerprint density at radius 2 is 1.96 bits per heavy atom. The van der Waals surface area contributed by atoms with Gasteiger partial charge < -0.3 is 10.2 Å². The molecule has 0 radical (unpaired) electrons. The lowest BCUT2D eigenvalue weighted by molar-refractivity contribution is -0.117. The van der Waals surface area contributed by atoms with Crippen LogP contribution >= 0.6 is 23.2 Å². The van der Waals surface area contributed by atoms with E-state index in [1.165, 1.54) is 18.2 Å². The van der Waals surface area contributed by atoms with Gasteiger partial charge in [0.1, 0.15) is 5.82 Å². The van der Waals surface area contributed by atoms with Crippen LogP contribution in [0, 0.1) is 5.82 Å². The molecule has 1 aliphatic heterocycles. The average Bonchev–Trinajstić information content (AvgIpc) is 2.93. The zero-order chi connectivity index (χ0) is 17.3. The number of hydrogen-bond acceptors (Lipinski definition) is 2. The average molecular weight is 367 g/mol. The van der Waals surface area contributed by atoms with Crippen LogP contribution < -0.4 is 10.2 Å². The quantitative estimate of drug-likeness (QED) is 0.868. The van der Waals surface area contributed by atoms with E-state index < -0.39 is 11.7 Å². The first kappa shape index (κ1) is 16.7. The second-order valence-corrected chi connectivity index (χ2v) is 6.18. The summed E-state index contributed by atoms with van der Waals surface area (Å²) in [6.45, 7) is 0.620. The number of halogens is 3. The van der Waals surface area contributed by atoms with Gasteiger partial charge in [-0.2, -0.15) is 0 Å². The van der Waals surface area contributed by atoms with Gasteiger partial charge in [-0.15, -0.1) is 0 Å². The van der Waals surface area contributed by atoms with Gasteiger partial charge in [-0.3, -0.25) is 9.59 Å². The molecule has 7 heteroatoms. The molecule has 2 aromatic carbocycles. The van der Waals surface area contributed by atoms with Gasteiger partial charge in [-0.05, 0) is 36.8 Å². The van der Waals surface area contributed by atoms with E-state index in [0.29, 0.717) is 29.4 Å². The van der Waals surface area contributed by atoms with Crippen LogP contribution in [-0.2, 0) is 4.79 Å². The standard InChI is InChI=1S/C17H13Cl2FN2O2/c18-11-3-1-4-13(20)16(11)17(24)21-10-6-7-14(12(19)9-10)22-8-2-5-15(22)23/h1,3-4,6-7,9H,2,5,8H2,(H,21,24). The van der Waals surface area contributed by atoms with Crippen LogP contribution in [0.3, 0.4) is 0 Å². The van der Waals surface area contributed by atoms with Crippen LogP contribution in [0.5, 0.6) is 0 Å². The summed E-state index contributed by atoms with van der Waals surface area (Å²) in [6.07, 6.45) is 1.29. The normalized spacial score (nSPS) is 14.1. The maximum Gasteiger partial charge on any atom is 0.260 e. The summed E-state index contributed by atoms with van der Waals surface area (Å²) in [7, 11) is 0. The summed E-state index contributed by atoms with van der Waals surface area (Å²) in [6, 6.07) is 8.82. The van der Waals surface area contributed by atoms with Crippen molar-refractivity contribution in [1.82, 2.24) is 0 Å². The maximum atomic E-state index is 13.8.